The Morgan fingerprint density at radius 2 is 1.85 bits per heavy atom. The van der Waals surface area contributed by atoms with E-state index in [1.54, 1.807) is 13.2 Å². The van der Waals surface area contributed by atoms with Crippen molar-refractivity contribution in [2.24, 2.45) is 0 Å². The predicted octanol–water partition coefficient (Wildman–Crippen LogP) is 1.55. The van der Waals surface area contributed by atoms with Crippen molar-refractivity contribution in [3.8, 4) is 0 Å². The fourth-order valence-electron chi connectivity index (χ4n) is 1.45. The molecule has 4 nitrogen and oxygen atoms in total. The summed E-state index contributed by atoms with van der Waals surface area (Å²) in [6.45, 7) is 1.71. The predicted molar refractivity (Wildman–Crippen MR) is 75.3 cm³/mol. The van der Waals surface area contributed by atoms with Gasteiger partial charge in [0, 0.05) is 32.3 Å². The number of rotatable bonds is 8. The van der Waals surface area contributed by atoms with Gasteiger partial charge in [-0.05, 0) is 0 Å². The molecule has 1 amide bonds. The lowest BCUT2D eigenvalue weighted by atomic mass is 10.1. The number of carbonyl (C=O) groups is 1. The second-order valence-corrected chi connectivity index (χ2v) is 3.94. The molecule has 114 valence electrons. The summed E-state index contributed by atoms with van der Waals surface area (Å²) in [6, 6.07) is 7.04. The molecule has 0 unspecified atom stereocenters. The second kappa shape index (κ2) is 9.63. The smallest absolute Gasteiger partial charge is 0.349 e. The molecule has 0 radical (unpaired) electrons. The molecule has 0 spiro atoms. The Kier molecular flexibility index (Phi) is 9.03. The molecule has 1 rings (SSSR count). The van der Waals surface area contributed by atoms with Gasteiger partial charge in [-0.3, -0.25) is 4.79 Å². The number of hydrogen-bond acceptors (Lipinski definition) is 3. The first-order valence-electron chi connectivity index (χ1n) is 6.00. The quantitative estimate of drug-likeness (QED) is 0.717. The number of alkyl halides is 2. The van der Waals surface area contributed by atoms with Crippen LogP contribution in [0.5, 0.6) is 0 Å². The van der Waals surface area contributed by atoms with Crippen LogP contribution in [-0.2, 0) is 15.5 Å². The SMILES string of the molecule is COCCNCCNC(=O)C(F)(F)c1ccccc1.Cl. The molecule has 2 N–H and O–H groups in total. The van der Waals surface area contributed by atoms with Crippen LogP contribution in [0.15, 0.2) is 30.3 Å². The molecule has 0 aliphatic carbocycles. The van der Waals surface area contributed by atoms with Crippen LogP contribution in [0.4, 0.5) is 8.78 Å². The number of halogens is 3. The Morgan fingerprint density at radius 1 is 1.20 bits per heavy atom. The molecule has 0 heterocycles. The zero-order chi connectivity index (χ0) is 14.1. The summed E-state index contributed by atoms with van der Waals surface area (Å²) in [5, 5.41) is 5.15. The van der Waals surface area contributed by atoms with Gasteiger partial charge in [0.25, 0.3) is 5.91 Å². The standard InChI is InChI=1S/C13H18F2N2O2.ClH/c1-19-10-9-16-7-8-17-12(18)13(14,15)11-5-3-2-4-6-11;/h2-6,16H,7-10H2,1H3,(H,17,18);1H. The van der Waals surface area contributed by atoms with Crippen LogP contribution in [0, 0.1) is 0 Å². The van der Waals surface area contributed by atoms with Crippen LogP contribution in [0.3, 0.4) is 0 Å². The highest BCUT2D eigenvalue weighted by Gasteiger charge is 2.40. The van der Waals surface area contributed by atoms with Gasteiger partial charge < -0.3 is 15.4 Å². The first kappa shape index (κ1) is 18.8. The lowest BCUT2D eigenvalue weighted by Crippen LogP contribution is -2.41. The third-order valence-electron chi connectivity index (χ3n) is 2.49. The van der Waals surface area contributed by atoms with Gasteiger partial charge in [-0.1, -0.05) is 30.3 Å². The van der Waals surface area contributed by atoms with Crippen LogP contribution in [0.2, 0.25) is 0 Å². The third kappa shape index (κ3) is 5.81. The summed E-state index contributed by atoms with van der Waals surface area (Å²) in [5.41, 5.74) is -0.306. The van der Waals surface area contributed by atoms with Crippen molar-refractivity contribution in [1.29, 1.82) is 0 Å². The molecule has 0 bridgehead atoms. The maximum absolute atomic E-state index is 13.7. The Morgan fingerprint density at radius 3 is 2.45 bits per heavy atom. The number of amides is 1. The Bertz CT molecular complexity index is 391. The van der Waals surface area contributed by atoms with Crippen LogP contribution in [0.1, 0.15) is 5.56 Å². The highest BCUT2D eigenvalue weighted by atomic mass is 35.5. The van der Waals surface area contributed by atoms with Crippen molar-refractivity contribution < 1.29 is 18.3 Å². The highest BCUT2D eigenvalue weighted by molar-refractivity contribution is 5.85. The van der Waals surface area contributed by atoms with E-state index < -0.39 is 11.8 Å². The molecule has 0 aliphatic heterocycles. The van der Waals surface area contributed by atoms with E-state index in [0.29, 0.717) is 19.7 Å². The molecular formula is C13H19ClF2N2O2. The molecule has 20 heavy (non-hydrogen) atoms. The average molecular weight is 309 g/mol. The van der Waals surface area contributed by atoms with Crippen LogP contribution in [-0.4, -0.2) is 39.3 Å². The molecule has 0 fully saturated rings. The topological polar surface area (TPSA) is 50.4 Å². The van der Waals surface area contributed by atoms with Crippen molar-refractivity contribution in [2.75, 3.05) is 33.4 Å². The van der Waals surface area contributed by atoms with Gasteiger partial charge in [0.2, 0.25) is 0 Å². The molecule has 0 aliphatic rings. The van der Waals surface area contributed by atoms with Gasteiger partial charge in [0.1, 0.15) is 0 Å². The summed E-state index contributed by atoms with van der Waals surface area (Å²) in [6.07, 6.45) is 0. The van der Waals surface area contributed by atoms with Crippen LogP contribution in [0.25, 0.3) is 0 Å². The van der Waals surface area contributed by atoms with E-state index in [-0.39, 0.29) is 24.5 Å². The van der Waals surface area contributed by atoms with Crippen LogP contribution < -0.4 is 10.6 Å². The van der Waals surface area contributed by atoms with Crippen molar-refractivity contribution >= 4 is 18.3 Å². The average Bonchev–Trinajstić information content (AvgIpc) is 2.43. The zero-order valence-corrected chi connectivity index (χ0v) is 12.0. The zero-order valence-electron chi connectivity index (χ0n) is 11.2. The number of carbonyl (C=O) groups excluding carboxylic acids is 1. The largest absolute Gasteiger partial charge is 0.383 e. The summed E-state index contributed by atoms with van der Waals surface area (Å²) in [5.74, 6) is -4.79. The third-order valence-corrected chi connectivity index (χ3v) is 2.49. The lowest BCUT2D eigenvalue weighted by molar-refractivity contribution is -0.146. The Balaban J connectivity index is 0.00000361. The van der Waals surface area contributed by atoms with E-state index in [0.717, 1.165) is 0 Å². The van der Waals surface area contributed by atoms with E-state index in [4.69, 9.17) is 4.74 Å². The van der Waals surface area contributed by atoms with Gasteiger partial charge >= 0.3 is 5.92 Å². The summed E-state index contributed by atoms with van der Waals surface area (Å²) in [7, 11) is 1.57. The molecular weight excluding hydrogens is 290 g/mol. The van der Waals surface area contributed by atoms with Crippen molar-refractivity contribution in [3.63, 3.8) is 0 Å². The van der Waals surface area contributed by atoms with Gasteiger partial charge in [0.15, 0.2) is 0 Å². The lowest BCUT2D eigenvalue weighted by Gasteiger charge is -2.16. The van der Waals surface area contributed by atoms with E-state index in [9.17, 15) is 13.6 Å². The molecule has 0 saturated heterocycles. The van der Waals surface area contributed by atoms with Gasteiger partial charge in [-0.25, -0.2) is 0 Å². The number of ether oxygens (including phenoxy) is 1. The normalized spacial score (nSPS) is 10.8. The summed E-state index contributed by atoms with van der Waals surface area (Å²) >= 11 is 0. The van der Waals surface area contributed by atoms with Gasteiger partial charge in [0.05, 0.1) is 6.61 Å². The highest BCUT2D eigenvalue weighted by Crippen LogP contribution is 2.27. The fraction of sp³-hybridized carbons (Fsp3) is 0.462. The molecule has 0 aromatic heterocycles. The van der Waals surface area contributed by atoms with Crippen molar-refractivity contribution in [1.82, 2.24) is 10.6 Å². The second-order valence-electron chi connectivity index (χ2n) is 3.94. The van der Waals surface area contributed by atoms with E-state index in [2.05, 4.69) is 10.6 Å². The van der Waals surface area contributed by atoms with E-state index in [1.165, 1.54) is 24.3 Å². The maximum Gasteiger partial charge on any atom is 0.349 e. The number of nitrogens with one attached hydrogen (secondary N) is 2. The van der Waals surface area contributed by atoms with Gasteiger partial charge in [-0.15, -0.1) is 12.4 Å². The maximum atomic E-state index is 13.7. The summed E-state index contributed by atoms with van der Waals surface area (Å²) < 4.78 is 32.3. The molecule has 1 aromatic carbocycles. The summed E-state index contributed by atoms with van der Waals surface area (Å²) in [4.78, 5) is 11.4. The molecule has 0 atom stereocenters. The Labute approximate surface area is 123 Å². The minimum absolute atomic E-state index is 0. The first-order valence-corrected chi connectivity index (χ1v) is 6.00. The molecule has 0 saturated carbocycles. The number of hydrogen-bond donors (Lipinski definition) is 2. The van der Waals surface area contributed by atoms with E-state index in [1.807, 2.05) is 0 Å². The monoisotopic (exact) mass is 308 g/mol. The minimum atomic E-state index is -3.51. The van der Waals surface area contributed by atoms with Crippen molar-refractivity contribution in [2.45, 2.75) is 5.92 Å². The van der Waals surface area contributed by atoms with Crippen molar-refractivity contribution in [3.05, 3.63) is 35.9 Å². The first-order chi connectivity index (χ1) is 9.09. The molecule has 1 aromatic rings. The minimum Gasteiger partial charge on any atom is -0.383 e. The number of benzene rings is 1. The fourth-order valence-corrected chi connectivity index (χ4v) is 1.45. The number of methoxy groups -OCH3 is 1. The van der Waals surface area contributed by atoms with Crippen LogP contribution >= 0.6 is 12.4 Å². The Hall–Kier alpha value is -1.24. The molecule has 7 heteroatoms. The van der Waals surface area contributed by atoms with Gasteiger partial charge in [-0.2, -0.15) is 8.78 Å². The van der Waals surface area contributed by atoms with E-state index >= 15 is 0 Å².